The highest BCUT2D eigenvalue weighted by atomic mass is 79.9. The van der Waals surface area contributed by atoms with Crippen molar-refractivity contribution in [3.63, 3.8) is 0 Å². The van der Waals surface area contributed by atoms with E-state index in [4.69, 9.17) is 14.2 Å². The number of fused-ring (bicyclic) bond motifs is 1. The summed E-state index contributed by atoms with van der Waals surface area (Å²) in [5, 5.41) is 5.52. The fraction of sp³-hybridized carbons (Fsp3) is 0.417. The van der Waals surface area contributed by atoms with Crippen LogP contribution in [0.4, 0.5) is 9.18 Å². The number of nitrogens with zero attached hydrogens (tertiary/aromatic N) is 3. The highest BCUT2D eigenvalue weighted by Crippen LogP contribution is 2.30. The summed E-state index contributed by atoms with van der Waals surface area (Å²) < 4.78 is 33.4. The van der Waals surface area contributed by atoms with Crippen LogP contribution in [0.15, 0.2) is 47.1 Å². The van der Waals surface area contributed by atoms with Crippen LogP contribution in [-0.2, 0) is 9.47 Å². The van der Waals surface area contributed by atoms with E-state index in [0.29, 0.717) is 36.2 Å². The molecule has 2 atom stereocenters. The zero-order chi connectivity index (χ0) is 22.8. The zero-order valence-electron chi connectivity index (χ0n) is 18.1. The Morgan fingerprint density at radius 3 is 2.94 bits per heavy atom. The molecule has 3 heterocycles. The average Bonchev–Trinajstić information content (AvgIpc) is 3.40. The maximum atomic E-state index is 13.7. The first kappa shape index (κ1) is 22.2. The molecule has 2 saturated heterocycles. The molecule has 7 nitrogen and oxygen atoms in total. The van der Waals surface area contributed by atoms with Crippen LogP contribution in [0.25, 0.3) is 10.9 Å². The molecule has 174 valence electrons. The predicted molar refractivity (Wildman–Crippen MR) is 124 cm³/mol. The molecule has 2 fully saturated rings. The van der Waals surface area contributed by atoms with Crippen LogP contribution < -0.4 is 4.74 Å². The Morgan fingerprint density at radius 1 is 1.21 bits per heavy atom. The van der Waals surface area contributed by atoms with Crippen molar-refractivity contribution in [1.82, 2.24) is 14.7 Å². The maximum absolute atomic E-state index is 13.7. The van der Waals surface area contributed by atoms with Gasteiger partial charge in [-0.3, -0.25) is 0 Å². The van der Waals surface area contributed by atoms with Gasteiger partial charge in [0.05, 0.1) is 24.9 Å². The Hall–Kier alpha value is -2.65. The van der Waals surface area contributed by atoms with Crippen LogP contribution in [0.2, 0.25) is 0 Å². The number of carbonyl (C=O) groups is 1. The van der Waals surface area contributed by atoms with E-state index in [1.807, 2.05) is 29.1 Å². The Labute approximate surface area is 199 Å². The Morgan fingerprint density at radius 2 is 2.12 bits per heavy atom. The van der Waals surface area contributed by atoms with Gasteiger partial charge >= 0.3 is 6.09 Å². The highest BCUT2D eigenvalue weighted by molar-refractivity contribution is 9.10. The lowest BCUT2D eigenvalue weighted by molar-refractivity contribution is -0.0366. The highest BCUT2D eigenvalue weighted by Gasteiger charge is 2.32. The first-order valence-electron chi connectivity index (χ1n) is 11.2. The molecule has 2 aliphatic heterocycles. The third-order valence-corrected chi connectivity index (χ3v) is 6.44. The van der Waals surface area contributed by atoms with E-state index in [0.717, 1.165) is 42.5 Å². The Bertz CT molecular complexity index is 1130. The van der Waals surface area contributed by atoms with Crippen LogP contribution in [0.5, 0.6) is 5.75 Å². The molecule has 0 spiro atoms. The van der Waals surface area contributed by atoms with Crippen molar-refractivity contribution in [1.29, 1.82) is 0 Å². The largest absolute Gasteiger partial charge is 0.494 e. The van der Waals surface area contributed by atoms with Crippen LogP contribution in [0.1, 0.15) is 43.6 Å². The second-order valence-corrected chi connectivity index (χ2v) is 9.27. The van der Waals surface area contributed by atoms with Gasteiger partial charge in [0.15, 0.2) is 6.23 Å². The van der Waals surface area contributed by atoms with Crippen molar-refractivity contribution in [3.8, 4) is 5.75 Å². The lowest BCUT2D eigenvalue weighted by atomic mass is 10.1. The van der Waals surface area contributed by atoms with Gasteiger partial charge in [-0.2, -0.15) is 5.10 Å². The van der Waals surface area contributed by atoms with Crippen molar-refractivity contribution >= 4 is 32.9 Å². The first-order valence-corrected chi connectivity index (χ1v) is 12.0. The number of aromatic nitrogens is 2. The van der Waals surface area contributed by atoms with E-state index in [9.17, 15) is 9.18 Å². The molecule has 9 heteroatoms. The topological polar surface area (TPSA) is 65.8 Å². The van der Waals surface area contributed by atoms with Gasteiger partial charge in [-0.15, -0.1) is 0 Å². The van der Waals surface area contributed by atoms with Crippen molar-refractivity contribution in [2.75, 3.05) is 26.3 Å². The molecule has 0 saturated carbocycles. The summed E-state index contributed by atoms with van der Waals surface area (Å²) in [5.41, 5.74) is 1.67. The fourth-order valence-electron chi connectivity index (χ4n) is 4.34. The lowest BCUT2D eigenvalue weighted by Gasteiger charge is -2.23. The van der Waals surface area contributed by atoms with Gasteiger partial charge in [0.2, 0.25) is 0 Å². The molecular formula is C24H25BrFN3O4. The minimum absolute atomic E-state index is 0.000511. The van der Waals surface area contributed by atoms with Crippen LogP contribution in [0.3, 0.4) is 0 Å². The number of cyclic esters (lactones) is 1. The van der Waals surface area contributed by atoms with E-state index in [1.54, 1.807) is 11.0 Å². The molecule has 2 aromatic carbocycles. The third-order valence-electron chi connectivity index (χ3n) is 5.98. The molecule has 1 amide bonds. The molecule has 2 aliphatic rings. The van der Waals surface area contributed by atoms with E-state index in [2.05, 4.69) is 21.0 Å². The van der Waals surface area contributed by atoms with Gasteiger partial charge in [-0.25, -0.2) is 13.9 Å². The number of halogens is 2. The standard InChI is InChI=1S/C24H25BrFN3O4/c25-18-10-16(11-19(26)13-18)22-15-28(24(30)33-22)7-3-9-31-20-5-6-21-17(12-20)14-27-29(21)23-4-1-2-8-32-23/h5-6,10-14,22-23H,1-4,7-9,15H2. The molecule has 3 aromatic rings. The van der Waals surface area contributed by atoms with Gasteiger partial charge in [0.1, 0.15) is 17.7 Å². The molecule has 5 rings (SSSR count). The summed E-state index contributed by atoms with van der Waals surface area (Å²) in [6.07, 6.45) is 4.86. The first-order chi connectivity index (χ1) is 16.1. The molecule has 33 heavy (non-hydrogen) atoms. The lowest BCUT2D eigenvalue weighted by Crippen LogP contribution is -2.26. The minimum atomic E-state index is -0.475. The van der Waals surface area contributed by atoms with Crippen LogP contribution in [0, 0.1) is 5.82 Å². The molecule has 0 N–H and O–H groups in total. The summed E-state index contributed by atoms with van der Waals surface area (Å²) in [5.74, 6) is 0.397. The maximum Gasteiger partial charge on any atom is 0.410 e. The normalized spacial score (nSPS) is 20.9. The second kappa shape index (κ2) is 9.69. The van der Waals surface area contributed by atoms with Crippen molar-refractivity contribution in [2.24, 2.45) is 0 Å². The predicted octanol–water partition coefficient (Wildman–Crippen LogP) is 5.60. The van der Waals surface area contributed by atoms with E-state index in [1.165, 1.54) is 12.1 Å². The van der Waals surface area contributed by atoms with Crippen LogP contribution in [-0.4, -0.2) is 47.1 Å². The number of rotatable bonds is 7. The second-order valence-electron chi connectivity index (χ2n) is 8.35. The minimum Gasteiger partial charge on any atom is -0.494 e. The number of carbonyl (C=O) groups excluding carboxylic acids is 1. The summed E-state index contributed by atoms with van der Waals surface area (Å²) in [6.45, 7) is 2.14. The van der Waals surface area contributed by atoms with Crippen LogP contribution >= 0.6 is 15.9 Å². The molecule has 0 bridgehead atoms. The van der Waals surface area contributed by atoms with Gasteiger partial charge in [0.25, 0.3) is 0 Å². The van der Waals surface area contributed by atoms with E-state index >= 15 is 0 Å². The molecule has 0 radical (unpaired) electrons. The summed E-state index contributed by atoms with van der Waals surface area (Å²) in [7, 11) is 0. The van der Waals surface area contributed by atoms with E-state index in [-0.39, 0.29) is 18.1 Å². The van der Waals surface area contributed by atoms with Crippen molar-refractivity contribution < 1.29 is 23.4 Å². The van der Waals surface area contributed by atoms with Gasteiger partial charge < -0.3 is 19.1 Å². The Kier molecular flexibility index (Phi) is 6.50. The molecule has 2 unspecified atom stereocenters. The average molecular weight is 518 g/mol. The molecule has 0 aliphatic carbocycles. The van der Waals surface area contributed by atoms with Gasteiger partial charge in [-0.1, -0.05) is 15.9 Å². The number of benzene rings is 2. The van der Waals surface area contributed by atoms with Gasteiger partial charge in [0, 0.05) is 23.0 Å². The Balaban J connectivity index is 1.13. The summed E-state index contributed by atoms with van der Waals surface area (Å²) in [6, 6.07) is 10.5. The SMILES string of the molecule is O=C1OC(c2cc(F)cc(Br)c2)CN1CCCOc1ccc2c(cnn2C2CCCCO2)c1. The number of amides is 1. The summed E-state index contributed by atoms with van der Waals surface area (Å²) >= 11 is 3.28. The quantitative estimate of drug-likeness (QED) is 0.381. The molecule has 1 aromatic heterocycles. The smallest absolute Gasteiger partial charge is 0.410 e. The number of ether oxygens (including phenoxy) is 3. The van der Waals surface area contributed by atoms with E-state index < -0.39 is 6.10 Å². The fourth-order valence-corrected chi connectivity index (χ4v) is 4.82. The van der Waals surface area contributed by atoms with Gasteiger partial charge in [-0.05, 0) is 67.6 Å². The molecular weight excluding hydrogens is 493 g/mol. The number of hydrogen-bond acceptors (Lipinski definition) is 5. The van der Waals surface area contributed by atoms with Crippen molar-refractivity contribution in [2.45, 2.75) is 38.0 Å². The monoisotopic (exact) mass is 517 g/mol. The third kappa shape index (κ3) is 4.99. The van der Waals surface area contributed by atoms with Crippen molar-refractivity contribution in [3.05, 3.63) is 58.4 Å². The summed E-state index contributed by atoms with van der Waals surface area (Å²) in [4.78, 5) is 13.8. The zero-order valence-corrected chi connectivity index (χ0v) is 19.7. The number of hydrogen-bond donors (Lipinski definition) is 0.